The van der Waals surface area contributed by atoms with Crippen LogP contribution in [0.15, 0.2) is 97.8 Å². The van der Waals surface area contributed by atoms with E-state index in [0.717, 1.165) is 0 Å². The van der Waals surface area contributed by atoms with E-state index in [2.05, 4.69) is 94.1 Å². The van der Waals surface area contributed by atoms with Crippen LogP contribution in [0.25, 0.3) is 11.4 Å². The number of carbonyl (C=O) groups is 2. The van der Waals surface area contributed by atoms with Crippen molar-refractivity contribution in [2.45, 2.75) is 155 Å². The largest absolute Gasteiger partial charge is 2.00 e. The van der Waals surface area contributed by atoms with Crippen molar-refractivity contribution < 1.29 is 48.4 Å². The molecule has 4 rings (SSSR count). The van der Waals surface area contributed by atoms with E-state index in [9.17, 15) is 19.8 Å². The minimum atomic E-state index is -1.34. The normalized spacial score (nSPS) is 10.3. The maximum Gasteiger partial charge on any atom is 2.00 e. The molecule has 0 saturated carbocycles. The number of hydrogen-bond acceptors (Lipinski definition) is 6. The standard InChI is InChI=1S/2C17H30N.C12H8N2O4.Ru/c2*1-2-3-4-5-6-7-8-9-10-12-15-18-16-13-11-14-17-18;15-11(16)7-1-3-13-9(5-7)10-6-8(12(17)18)2-4-14-10;/h2*11,13-14,16-17H,2-10,12,15H2,1H3;1-6H,(H,15,16)(H,17,18);/q2*+1;;+2/p-2. The summed E-state index contributed by atoms with van der Waals surface area (Å²) in [5.74, 6) is -2.68. The summed E-state index contributed by atoms with van der Waals surface area (Å²) in [7, 11) is 0. The first-order chi connectivity index (χ1) is 26.4. The predicted octanol–water partition coefficient (Wildman–Crippen LogP) is 8.66. The zero-order chi connectivity index (χ0) is 38.9. The average Bonchev–Trinajstić information content (AvgIpc) is 3.20. The Morgan fingerprint density at radius 1 is 0.473 bits per heavy atom. The van der Waals surface area contributed by atoms with Crippen LogP contribution in [0, 0.1) is 0 Å². The van der Waals surface area contributed by atoms with Gasteiger partial charge in [0, 0.05) is 60.6 Å². The summed E-state index contributed by atoms with van der Waals surface area (Å²) in [5, 5.41) is 21.4. The molecule has 0 amide bonds. The summed E-state index contributed by atoms with van der Waals surface area (Å²) in [6.07, 6.45) is 39.5. The molecule has 0 spiro atoms. The summed E-state index contributed by atoms with van der Waals surface area (Å²) in [5.41, 5.74) is 0.390. The molecule has 4 heterocycles. The number of carbonyl (C=O) groups excluding carboxylic acids is 2. The third-order valence-corrected chi connectivity index (χ3v) is 9.35. The van der Waals surface area contributed by atoms with E-state index in [4.69, 9.17) is 0 Å². The van der Waals surface area contributed by atoms with Crippen LogP contribution in [0.4, 0.5) is 0 Å². The average molecular weight is 840 g/mol. The van der Waals surface area contributed by atoms with Crippen LogP contribution in [0.2, 0.25) is 0 Å². The fraction of sp³-hybridized carbons (Fsp3) is 0.522. The van der Waals surface area contributed by atoms with Gasteiger partial charge in [-0.1, -0.05) is 129 Å². The molecule has 0 aromatic carbocycles. The van der Waals surface area contributed by atoms with Gasteiger partial charge < -0.3 is 19.8 Å². The van der Waals surface area contributed by atoms with Crippen LogP contribution in [0.5, 0.6) is 0 Å². The molecule has 0 aliphatic heterocycles. The molecular weight excluding hydrogens is 774 g/mol. The zero-order valence-electron chi connectivity index (χ0n) is 33.6. The maximum atomic E-state index is 10.7. The minimum Gasteiger partial charge on any atom is -0.545 e. The van der Waals surface area contributed by atoms with E-state index in [0.29, 0.717) is 0 Å². The van der Waals surface area contributed by atoms with E-state index in [1.165, 1.54) is 178 Å². The van der Waals surface area contributed by atoms with Crippen molar-refractivity contribution in [1.82, 2.24) is 9.97 Å². The number of aryl methyl sites for hydroxylation is 2. The predicted molar refractivity (Wildman–Crippen MR) is 213 cm³/mol. The van der Waals surface area contributed by atoms with Crippen molar-refractivity contribution in [3.63, 3.8) is 0 Å². The Morgan fingerprint density at radius 3 is 1.05 bits per heavy atom. The first kappa shape index (κ1) is 49.2. The molecule has 4 aromatic rings. The second-order valence-electron chi connectivity index (χ2n) is 14.0. The zero-order valence-corrected chi connectivity index (χ0v) is 35.3. The number of aromatic nitrogens is 4. The number of aromatic carboxylic acids is 2. The van der Waals surface area contributed by atoms with Crippen molar-refractivity contribution in [3.05, 3.63) is 109 Å². The Morgan fingerprint density at radius 2 is 0.764 bits per heavy atom. The SMILES string of the molecule is CCCCCCCCCCCC[n+]1ccccc1.CCCCCCCCCCCC[n+]1ccccc1.O=C([O-])c1ccnc(-c2cc(C(=O)[O-])ccn2)c1.[Ru+2]. The Hall–Kier alpha value is -3.84. The van der Waals surface area contributed by atoms with Gasteiger partial charge in [-0.2, -0.15) is 0 Å². The molecule has 300 valence electrons. The molecule has 0 aliphatic rings. The van der Waals surface area contributed by atoms with Gasteiger partial charge in [-0.3, -0.25) is 9.97 Å². The number of hydrogen-bond donors (Lipinski definition) is 0. The van der Waals surface area contributed by atoms with Crippen LogP contribution < -0.4 is 19.3 Å². The van der Waals surface area contributed by atoms with Gasteiger partial charge in [-0.25, -0.2) is 9.13 Å². The van der Waals surface area contributed by atoms with Crippen LogP contribution in [-0.2, 0) is 32.6 Å². The molecule has 0 atom stereocenters. The quantitative estimate of drug-likeness (QED) is 0.0375. The molecule has 0 unspecified atom stereocenters. The number of nitrogens with zero attached hydrogens (tertiary/aromatic N) is 4. The number of unbranched alkanes of at least 4 members (excludes halogenated alkanes) is 18. The summed E-state index contributed by atoms with van der Waals surface area (Å²) < 4.78 is 4.56. The van der Waals surface area contributed by atoms with Gasteiger partial charge in [0.05, 0.1) is 23.3 Å². The summed E-state index contributed by atoms with van der Waals surface area (Å²) in [6, 6.07) is 17.7. The number of pyridine rings is 4. The van der Waals surface area contributed by atoms with E-state index in [1.54, 1.807) is 0 Å². The van der Waals surface area contributed by atoms with E-state index in [-0.39, 0.29) is 42.0 Å². The fourth-order valence-electron chi connectivity index (χ4n) is 6.13. The summed E-state index contributed by atoms with van der Waals surface area (Å²) in [4.78, 5) is 29.2. The van der Waals surface area contributed by atoms with Crippen molar-refractivity contribution in [2.75, 3.05) is 0 Å². The minimum absolute atomic E-state index is 0. The topological polar surface area (TPSA) is 114 Å². The van der Waals surface area contributed by atoms with Crippen LogP contribution in [0.3, 0.4) is 0 Å². The van der Waals surface area contributed by atoms with Gasteiger partial charge in [0.1, 0.15) is 13.1 Å². The molecule has 0 aliphatic carbocycles. The molecule has 8 nitrogen and oxygen atoms in total. The van der Waals surface area contributed by atoms with Crippen molar-refractivity contribution in [2.24, 2.45) is 0 Å². The Bertz CT molecular complexity index is 1410. The second-order valence-corrected chi connectivity index (χ2v) is 14.0. The monoisotopic (exact) mass is 840 g/mol. The summed E-state index contributed by atoms with van der Waals surface area (Å²) in [6.45, 7) is 6.92. The molecular formula is C46H66N4O4Ru+2. The van der Waals surface area contributed by atoms with E-state index in [1.807, 2.05) is 0 Å². The van der Waals surface area contributed by atoms with Crippen LogP contribution in [0.1, 0.15) is 163 Å². The Labute approximate surface area is 344 Å². The Kier molecular flexibility index (Phi) is 30.0. The summed E-state index contributed by atoms with van der Waals surface area (Å²) >= 11 is 0. The first-order valence-corrected chi connectivity index (χ1v) is 20.7. The molecule has 0 N–H and O–H groups in total. The van der Waals surface area contributed by atoms with Gasteiger partial charge >= 0.3 is 19.5 Å². The molecule has 0 fully saturated rings. The van der Waals surface area contributed by atoms with Crippen molar-refractivity contribution in [1.29, 1.82) is 0 Å². The van der Waals surface area contributed by atoms with E-state index >= 15 is 0 Å². The fourth-order valence-corrected chi connectivity index (χ4v) is 6.13. The molecule has 0 saturated heterocycles. The van der Waals surface area contributed by atoms with Crippen molar-refractivity contribution >= 4 is 11.9 Å². The van der Waals surface area contributed by atoms with Gasteiger partial charge in [0.15, 0.2) is 24.8 Å². The molecule has 4 aromatic heterocycles. The number of carboxylic acids is 2. The van der Waals surface area contributed by atoms with Crippen LogP contribution >= 0.6 is 0 Å². The van der Waals surface area contributed by atoms with Crippen LogP contribution in [-0.4, -0.2) is 21.9 Å². The molecule has 55 heavy (non-hydrogen) atoms. The van der Waals surface area contributed by atoms with Gasteiger partial charge in [0.2, 0.25) is 0 Å². The van der Waals surface area contributed by atoms with Gasteiger partial charge in [0.25, 0.3) is 0 Å². The maximum absolute atomic E-state index is 10.7. The number of rotatable bonds is 25. The third-order valence-electron chi connectivity index (χ3n) is 9.35. The molecule has 0 bridgehead atoms. The molecule has 0 radical (unpaired) electrons. The molecule has 9 heteroatoms. The Balaban J connectivity index is 0.000000409. The smallest absolute Gasteiger partial charge is 0.545 e. The number of carboxylic acid groups (broad SMARTS) is 2. The van der Waals surface area contributed by atoms with Crippen molar-refractivity contribution in [3.8, 4) is 11.4 Å². The second kappa shape index (κ2) is 33.5. The third kappa shape index (κ3) is 25.0. The van der Waals surface area contributed by atoms with Gasteiger partial charge in [-0.05, 0) is 37.1 Å². The van der Waals surface area contributed by atoms with Gasteiger partial charge in [-0.15, -0.1) is 0 Å². The van der Waals surface area contributed by atoms with E-state index < -0.39 is 11.9 Å². The first-order valence-electron chi connectivity index (χ1n) is 20.7.